The predicted octanol–water partition coefficient (Wildman–Crippen LogP) is 1.82. The van der Waals surface area contributed by atoms with E-state index in [1.54, 1.807) is 18.2 Å². The van der Waals surface area contributed by atoms with Crippen LogP contribution in [0.4, 0.5) is 0 Å². The second kappa shape index (κ2) is 4.32. The molecule has 0 amide bonds. The van der Waals surface area contributed by atoms with Gasteiger partial charge in [-0.1, -0.05) is 5.92 Å². The first-order valence-corrected chi connectivity index (χ1v) is 3.90. The molecular formula is C11H10O2. The van der Waals surface area contributed by atoms with Gasteiger partial charge in [-0.15, -0.1) is 6.42 Å². The molecule has 0 spiro atoms. The fourth-order valence-electron chi connectivity index (χ4n) is 0.995. The van der Waals surface area contributed by atoms with E-state index in [0.717, 1.165) is 11.8 Å². The second-order valence-corrected chi connectivity index (χ2v) is 2.63. The Morgan fingerprint density at radius 3 is 2.92 bits per heavy atom. The highest BCUT2D eigenvalue weighted by Crippen LogP contribution is 2.15. The number of ether oxygens (including phenoxy) is 1. The molecule has 0 aromatic heterocycles. The predicted molar refractivity (Wildman–Crippen MR) is 50.9 cm³/mol. The lowest BCUT2D eigenvalue weighted by Gasteiger charge is -2.04. The Labute approximate surface area is 77.5 Å². The first-order chi connectivity index (χ1) is 6.27. The van der Waals surface area contributed by atoms with E-state index >= 15 is 0 Å². The van der Waals surface area contributed by atoms with E-state index in [0.29, 0.717) is 11.3 Å². The summed E-state index contributed by atoms with van der Waals surface area (Å²) in [4.78, 5) is 10.5. The van der Waals surface area contributed by atoms with Crippen molar-refractivity contribution in [2.24, 2.45) is 0 Å². The van der Waals surface area contributed by atoms with Gasteiger partial charge in [0.15, 0.2) is 0 Å². The highest BCUT2D eigenvalue weighted by molar-refractivity contribution is 5.77. The molecule has 0 saturated carbocycles. The summed E-state index contributed by atoms with van der Waals surface area (Å²) in [5.74, 6) is 3.07. The summed E-state index contributed by atoms with van der Waals surface area (Å²) in [6, 6.07) is 5.24. The SMILES string of the molecule is C#CCOc1ccc(C=O)c(C)c1. The Morgan fingerprint density at radius 2 is 2.38 bits per heavy atom. The van der Waals surface area contributed by atoms with Crippen molar-refractivity contribution >= 4 is 6.29 Å². The van der Waals surface area contributed by atoms with Crippen LogP contribution < -0.4 is 4.74 Å². The van der Waals surface area contributed by atoms with Gasteiger partial charge in [-0.3, -0.25) is 4.79 Å². The maximum absolute atomic E-state index is 10.5. The largest absolute Gasteiger partial charge is 0.481 e. The summed E-state index contributed by atoms with van der Waals surface area (Å²) in [7, 11) is 0. The number of terminal acetylenes is 1. The van der Waals surface area contributed by atoms with E-state index in [-0.39, 0.29) is 6.61 Å². The molecule has 1 aromatic carbocycles. The number of benzene rings is 1. The molecule has 0 saturated heterocycles. The van der Waals surface area contributed by atoms with Gasteiger partial charge >= 0.3 is 0 Å². The van der Waals surface area contributed by atoms with Crippen molar-refractivity contribution in [3.63, 3.8) is 0 Å². The molecule has 0 radical (unpaired) electrons. The van der Waals surface area contributed by atoms with Gasteiger partial charge in [-0.25, -0.2) is 0 Å². The zero-order chi connectivity index (χ0) is 9.68. The number of carbonyl (C=O) groups is 1. The van der Waals surface area contributed by atoms with Crippen LogP contribution >= 0.6 is 0 Å². The summed E-state index contributed by atoms with van der Waals surface area (Å²) in [5, 5.41) is 0. The monoisotopic (exact) mass is 174 g/mol. The third kappa shape index (κ3) is 2.34. The number of hydrogen-bond acceptors (Lipinski definition) is 2. The average Bonchev–Trinajstić information content (AvgIpc) is 2.15. The fourth-order valence-corrected chi connectivity index (χ4v) is 0.995. The third-order valence-electron chi connectivity index (χ3n) is 1.69. The summed E-state index contributed by atoms with van der Waals surface area (Å²) in [5.41, 5.74) is 1.57. The Bertz CT molecular complexity index is 348. The molecule has 2 nitrogen and oxygen atoms in total. The maximum atomic E-state index is 10.5. The van der Waals surface area contributed by atoms with E-state index in [1.807, 2.05) is 6.92 Å². The zero-order valence-corrected chi connectivity index (χ0v) is 7.41. The van der Waals surface area contributed by atoms with Gasteiger partial charge < -0.3 is 4.74 Å². The Hall–Kier alpha value is -1.75. The average molecular weight is 174 g/mol. The van der Waals surface area contributed by atoms with Gasteiger partial charge in [0.1, 0.15) is 18.6 Å². The van der Waals surface area contributed by atoms with Crippen LogP contribution in [0, 0.1) is 19.3 Å². The van der Waals surface area contributed by atoms with Crippen LogP contribution in [0.15, 0.2) is 18.2 Å². The van der Waals surface area contributed by atoms with Crippen molar-refractivity contribution in [3.8, 4) is 18.1 Å². The first-order valence-electron chi connectivity index (χ1n) is 3.90. The Morgan fingerprint density at radius 1 is 1.62 bits per heavy atom. The molecule has 0 heterocycles. The summed E-state index contributed by atoms with van der Waals surface area (Å²) in [6.45, 7) is 2.10. The van der Waals surface area contributed by atoms with E-state index in [9.17, 15) is 4.79 Å². The minimum atomic E-state index is 0.250. The quantitative estimate of drug-likeness (QED) is 0.516. The van der Waals surface area contributed by atoms with Gasteiger partial charge in [0.2, 0.25) is 0 Å². The van der Waals surface area contributed by atoms with Gasteiger partial charge in [-0.05, 0) is 30.7 Å². The summed E-state index contributed by atoms with van der Waals surface area (Å²) in [6.07, 6.45) is 5.86. The van der Waals surface area contributed by atoms with Crippen LogP contribution in [0.25, 0.3) is 0 Å². The fraction of sp³-hybridized carbons (Fsp3) is 0.182. The molecule has 1 aromatic rings. The number of carbonyl (C=O) groups excluding carboxylic acids is 1. The Balaban J connectivity index is 2.84. The third-order valence-corrected chi connectivity index (χ3v) is 1.69. The van der Waals surface area contributed by atoms with Crippen molar-refractivity contribution in [2.75, 3.05) is 6.61 Å². The molecular weight excluding hydrogens is 164 g/mol. The molecule has 0 bridgehead atoms. The lowest BCUT2D eigenvalue weighted by Crippen LogP contribution is -1.95. The molecule has 0 aliphatic rings. The summed E-state index contributed by atoms with van der Waals surface area (Å²) < 4.78 is 5.18. The molecule has 13 heavy (non-hydrogen) atoms. The van der Waals surface area contributed by atoms with E-state index in [4.69, 9.17) is 11.2 Å². The van der Waals surface area contributed by atoms with Crippen molar-refractivity contribution in [2.45, 2.75) is 6.92 Å². The standard InChI is InChI=1S/C11H10O2/c1-3-6-13-11-5-4-10(8-12)9(2)7-11/h1,4-5,7-8H,6H2,2H3. The van der Waals surface area contributed by atoms with Crippen molar-refractivity contribution in [1.29, 1.82) is 0 Å². The van der Waals surface area contributed by atoms with E-state index in [2.05, 4.69) is 5.92 Å². The molecule has 0 fully saturated rings. The van der Waals surface area contributed by atoms with Crippen LogP contribution in [0.3, 0.4) is 0 Å². The molecule has 1 rings (SSSR count). The van der Waals surface area contributed by atoms with Crippen molar-refractivity contribution in [1.82, 2.24) is 0 Å². The van der Waals surface area contributed by atoms with Crippen molar-refractivity contribution in [3.05, 3.63) is 29.3 Å². The van der Waals surface area contributed by atoms with Crippen molar-refractivity contribution < 1.29 is 9.53 Å². The minimum Gasteiger partial charge on any atom is -0.481 e. The van der Waals surface area contributed by atoms with Crippen LogP contribution in [0.1, 0.15) is 15.9 Å². The normalized spacial score (nSPS) is 8.92. The maximum Gasteiger partial charge on any atom is 0.150 e. The number of hydrogen-bond donors (Lipinski definition) is 0. The molecule has 0 aliphatic carbocycles. The topological polar surface area (TPSA) is 26.3 Å². The first kappa shape index (κ1) is 9.34. The van der Waals surface area contributed by atoms with E-state index < -0.39 is 0 Å². The number of aldehydes is 1. The highest BCUT2D eigenvalue weighted by atomic mass is 16.5. The van der Waals surface area contributed by atoms with Gasteiger partial charge in [0.25, 0.3) is 0 Å². The molecule has 66 valence electrons. The lowest BCUT2D eigenvalue weighted by atomic mass is 10.1. The highest BCUT2D eigenvalue weighted by Gasteiger charge is 1.98. The summed E-state index contributed by atoms with van der Waals surface area (Å²) >= 11 is 0. The second-order valence-electron chi connectivity index (χ2n) is 2.63. The number of aryl methyl sites for hydroxylation is 1. The van der Waals surface area contributed by atoms with Gasteiger partial charge in [0.05, 0.1) is 0 Å². The van der Waals surface area contributed by atoms with Gasteiger partial charge in [-0.2, -0.15) is 0 Å². The van der Waals surface area contributed by atoms with Crippen LogP contribution in [-0.2, 0) is 0 Å². The number of rotatable bonds is 3. The molecule has 0 unspecified atom stereocenters. The molecule has 0 aliphatic heterocycles. The smallest absolute Gasteiger partial charge is 0.150 e. The van der Waals surface area contributed by atoms with Gasteiger partial charge in [0, 0.05) is 5.56 Å². The van der Waals surface area contributed by atoms with Crippen LogP contribution in [0.2, 0.25) is 0 Å². The van der Waals surface area contributed by atoms with E-state index in [1.165, 1.54) is 0 Å². The molecule has 0 atom stereocenters. The molecule has 0 N–H and O–H groups in total. The molecule has 2 heteroatoms. The van der Waals surface area contributed by atoms with Crippen LogP contribution in [0.5, 0.6) is 5.75 Å². The zero-order valence-electron chi connectivity index (χ0n) is 7.41. The minimum absolute atomic E-state index is 0.250. The lowest BCUT2D eigenvalue weighted by molar-refractivity contribution is 0.112. The van der Waals surface area contributed by atoms with Crippen LogP contribution in [-0.4, -0.2) is 12.9 Å². The Kier molecular flexibility index (Phi) is 3.10.